The molecule has 0 bridgehead atoms. The van der Waals surface area contributed by atoms with Gasteiger partial charge in [-0.1, -0.05) is 0 Å². The van der Waals surface area contributed by atoms with E-state index < -0.39 is 0 Å². The number of fused-ring (bicyclic) bond motifs is 1. The van der Waals surface area contributed by atoms with Crippen LogP contribution in [-0.4, -0.2) is 58.4 Å². The van der Waals surface area contributed by atoms with Crippen LogP contribution >= 0.6 is 11.3 Å². The molecular weight excluding hydrogens is 442 g/mol. The number of benzene rings is 1. The first-order valence-electron chi connectivity index (χ1n) is 10.6. The van der Waals surface area contributed by atoms with Crippen LogP contribution in [0.25, 0.3) is 16.0 Å². The van der Waals surface area contributed by atoms with Crippen molar-refractivity contribution in [3.05, 3.63) is 30.2 Å². The molecule has 0 radical (unpaired) electrons. The number of rotatable bonds is 7. The van der Waals surface area contributed by atoms with Gasteiger partial charge >= 0.3 is 0 Å². The predicted octanol–water partition coefficient (Wildman–Crippen LogP) is 4.03. The van der Waals surface area contributed by atoms with Gasteiger partial charge in [-0.25, -0.2) is 9.97 Å². The minimum atomic E-state index is 0.419. The summed E-state index contributed by atoms with van der Waals surface area (Å²) < 4.78 is 18.2. The Hall–Kier alpha value is -3.60. The van der Waals surface area contributed by atoms with Crippen LogP contribution in [0, 0.1) is 0 Å². The maximum Gasteiger partial charge on any atom is 0.229 e. The molecule has 172 valence electrons. The highest BCUT2D eigenvalue weighted by atomic mass is 32.1. The molecule has 0 spiro atoms. The highest BCUT2D eigenvalue weighted by Crippen LogP contribution is 2.39. The Bertz CT molecular complexity index is 1260. The molecule has 4 aromatic rings. The predicted molar refractivity (Wildman–Crippen MR) is 128 cm³/mol. The third-order valence-electron chi connectivity index (χ3n) is 5.77. The van der Waals surface area contributed by atoms with E-state index in [9.17, 15) is 0 Å². The molecule has 11 heteroatoms. The van der Waals surface area contributed by atoms with Crippen LogP contribution in [0.15, 0.2) is 30.2 Å². The molecule has 1 N–H and O–H groups in total. The molecule has 5 rings (SSSR count). The van der Waals surface area contributed by atoms with Gasteiger partial charge in [0.15, 0.2) is 22.1 Å². The van der Waals surface area contributed by atoms with Crippen molar-refractivity contribution in [2.75, 3.05) is 38.1 Å². The Morgan fingerprint density at radius 1 is 1.06 bits per heavy atom. The number of thiazole rings is 1. The maximum absolute atomic E-state index is 5.47. The minimum Gasteiger partial charge on any atom is -0.493 e. The molecule has 1 aromatic carbocycles. The number of anilines is 3. The summed E-state index contributed by atoms with van der Waals surface area (Å²) in [5.74, 6) is 3.68. The normalized spacial score (nSPS) is 15.8. The van der Waals surface area contributed by atoms with Crippen LogP contribution in [0.1, 0.15) is 19.8 Å². The Balaban J connectivity index is 1.48. The van der Waals surface area contributed by atoms with E-state index in [1.54, 1.807) is 33.2 Å². The molecule has 3 aromatic heterocycles. The fraction of sp³-hybridized carbons (Fsp3) is 0.364. The van der Waals surface area contributed by atoms with Gasteiger partial charge in [0.2, 0.25) is 11.7 Å². The molecule has 33 heavy (non-hydrogen) atoms. The van der Waals surface area contributed by atoms with Gasteiger partial charge in [0.25, 0.3) is 0 Å². The molecule has 10 nitrogen and oxygen atoms in total. The first-order chi connectivity index (χ1) is 16.1. The summed E-state index contributed by atoms with van der Waals surface area (Å²) in [4.78, 5) is 21.6. The van der Waals surface area contributed by atoms with E-state index in [2.05, 4.69) is 27.1 Å². The zero-order valence-electron chi connectivity index (χ0n) is 18.9. The lowest BCUT2D eigenvalue weighted by atomic mass is 10.2. The molecule has 1 saturated heterocycles. The van der Waals surface area contributed by atoms with Crippen LogP contribution in [0.3, 0.4) is 0 Å². The topological polar surface area (TPSA) is 99.5 Å². The van der Waals surface area contributed by atoms with Crippen molar-refractivity contribution in [1.29, 1.82) is 0 Å². The van der Waals surface area contributed by atoms with Gasteiger partial charge in [-0.05, 0) is 19.8 Å². The second-order valence-electron chi connectivity index (χ2n) is 7.74. The molecular formula is C22H25N7O3S. The second kappa shape index (κ2) is 8.74. The van der Waals surface area contributed by atoms with Crippen LogP contribution in [0.5, 0.6) is 17.2 Å². The average molecular weight is 468 g/mol. The third-order valence-corrected chi connectivity index (χ3v) is 6.49. The van der Waals surface area contributed by atoms with E-state index in [4.69, 9.17) is 24.2 Å². The van der Waals surface area contributed by atoms with E-state index in [0.717, 1.165) is 41.4 Å². The highest BCUT2D eigenvalue weighted by Gasteiger charge is 2.24. The molecule has 0 unspecified atom stereocenters. The van der Waals surface area contributed by atoms with Crippen LogP contribution in [0.4, 0.5) is 17.6 Å². The summed E-state index contributed by atoms with van der Waals surface area (Å²) in [6.07, 6.45) is 5.88. The lowest BCUT2D eigenvalue weighted by molar-refractivity contribution is 0.324. The summed E-state index contributed by atoms with van der Waals surface area (Å²) >= 11 is 1.51. The van der Waals surface area contributed by atoms with E-state index in [-0.39, 0.29) is 0 Å². The van der Waals surface area contributed by atoms with Crippen molar-refractivity contribution in [3.63, 3.8) is 0 Å². The van der Waals surface area contributed by atoms with Crippen molar-refractivity contribution < 1.29 is 14.2 Å². The minimum absolute atomic E-state index is 0.419. The Labute approximate surface area is 195 Å². The van der Waals surface area contributed by atoms with Gasteiger partial charge in [-0.15, -0.1) is 11.3 Å². The van der Waals surface area contributed by atoms with Gasteiger partial charge in [-0.2, -0.15) is 9.97 Å². The molecule has 0 aliphatic carbocycles. The van der Waals surface area contributed by atoms with Crippen molar-refractivity contribution in [2.24, 2.45) is 0 Å². The molecule has 1 aliphatic heterocycles. The van der Waals surface area contributed by atoms with Crippen molar-refractivity contribution in [2.45, 2.75) is 25.8 Å². The highest BCUT2D eigenvalue weighted by molar-refractivity contribution is 7.16. The monoisotopic (exact) mass is 467 g/mol. The number of imidazole rings is 1. The second-order valence-corrected chi connectivity index (χ2v) is 8.57. The SMILES string of the molecule is COc1cc(-n2cnc(Nc3nc(N4CCC[C@H]4C)nc4scnc34)c2)cc(OC)c1OC. The van der Waals surface area contributed by atoms with Gasteiger partial charge in [0.05, 0.1) is 38.7 Å². The summed E-state index contributed by atoms with van der Waals surface area (Å²) in [6.45, 7) is 3.17. The number of methoxy groups -OCH3 is 3. The van der Waals surface area contributed by atoms with Crippen molar-refractivity contribution >= 4 is 39.3 Å². The molecule has 0 saturated carbocycles. The Morgan fingerprint density at radius 3 is 2.52 bits per heavy atom. The van der Waals surface area contributed by atoms with E-state index in [0.29, 0.717) is 34.9 Å². The summed E-state index contributed by atoms with van der Waals surface area (Å²) in [6, 6.07) is 4.15. The standard InChI is InChI=1S/C22H25N7O3S/c1-13-6-5-7-29(13)22-26-20(18-21(27-22)33-12-24-18)25-17-10-28(11-23-17)14-8-15(30-2)19(32-4)16(9-14)31-3/h8-13H,5-7H2,1-4H3,(H,25,26,27)/t13-/m1/s1. The maximum atomic E-state index is 5.47. The van der Waals surface area contributed by atoms with E-state index in [1.165, 1.54) is 11.3 Å². The third kappa shape index (κ3) is 3.88. The largest absolute Gasteiger partial charge is 0.493 e. The molecule has 1 aliphatic rings. The van der Waals surface area contributed by atoms with Crippen molar-refractivity contribution in [1.82, 2.24) is 24.5 Å². The fourth-order valence-electron chi connectivity index (χ4n) is 4.06. The number of nitrogens with zero attached hydrogens (tertiary/aromatic N) is 6. The van der Waals surface area contributed by atoms with Crippen LogP contribution in [0.2, 0.25) is 0 Å². The Morgan fingerprint density at radius 2 is 1.85 bits per heavy atom. The lowest BCUT2D eigenvalue weighted by Gasteiger charge is -2.21. The van der Waals surface area contributed by atoms with Gasteiger partial charge < -0.3 is 29.0 Å². The first kappa shape index (κ1) is 21.3. The smallest absolute Gasteiger partial charge is 0.229 e. The molecule has 4 heterocycles. The number of nitrogens with one attached hydrogen (secondary N) is 1. The number of ether oxygens (including phenoxy) is 3. The van der Waals surface area contributed by atoms with Crippen LogP contribution < -0.4 is 24.4 Å². The van der Waals surface area contributed by atoms with Gasteiger partial charge in [-0.3, -0.25) is 0 Å². The van der Waals surface area contributed by atoms with Gasteiger partial charge in [0, 0.05) is 24.7 Å². The first-order valence-corrected chi connectivity index (χ1v) is 11.5. The lowest BCUT2D eigenvalue weighted by Crippen LogP contribution is -2.28. The van der Waals surface area contributed by atoms with E-state index in [1.807, 2.05) is 22.9 Å². The Kier molecular flexibility index (Phi) is 5.63. The summed E-state index contributed by atoms with van der Waals surface area (Å²) in [5.41, 5.74) is 3.34. The van der Waals surface area contributed by atoms with Crippen LogP contribution in [-0.2, 0) is 0 Å². The number of aromatic nitrogens is 5. The summed E-state index contributed by atoms with van der Waals surface area (Å²) in [5, 5.41) is 3.33. The van der Waals surface area contributed by atoms with Gasteiger partial charge in [0.1, 0.15) is 17.7 Å². The fourth-order valence-corrected chi connectivity index (χ4v) is 4.72. The average Bonchev–Trinajstić information content (AvgIpc) is 3.58. The van der Waals surface area contributed by atoms with E-state index >= 15 is 0 Å². The zero-order chi connectivity index (χ0) is 22.9. The molecule has 1 fully saturated rings. The molecule has 1 atom stereocenters. The quantitative estimate of drug-likeness (QED) is 0.432. The number of hydrogen-bond acceptors (Lipinski definition) is 10. The molecule has 0 amide bonds. The van der Waals surface area contributed by atoms with Crippen molar-refractivity contribution in [3.8, 4) is 22.9 Å². The summed E-state index contributed by atoms with van der Waals surface area (Å²) in [7, 11) is 4.77. The zero-order valence-corrected chi connectivity index (χ0v) is 19.7. The number of hydrogen-bond donors (Lipinski definition) is 1.